The standard InChI is InChI=1S/C27H32FN5O/c1-18(20-9-14-23(24(28)17-20)19-7-5-4-6-8-19)26(34)30-21-10-12-22(13-11-21)31-27-29-16-15-25(32-27)33(2)3/h4-9,14-18,21-22H,10-13H2,1-3H3,(H,30,34)(H,29,31,32)/t18-,21-,22+/m0/s1. The van der Waals surface area contributed by atoms with Crippen molar-refractivity contribution in [1.82, 2.24) is 15.3 Å². The van der Waals surface area contributed by atoms with Crippen LogP contribution < -0.4 is 15.5 Å². The van der Waals surface area contributed by atoms with Crippen molar-refractivity contribution in [2.24, 2.45) is 0 Å². The molecule has 1 heterocycles. The normalized spacial score (nSPS) is 18.7. The molecule has 1 aliphatic carbocycles. The van der Waals surface area contributed by atoms with Crippen molar-refractivity contribution in [3.63, 3.8) is 0 Å². The third-order valence-corrected chi connectivity index (χ3v) is 6.48. The van der Waals surface area contributed by atoms with Crippen LogP contribution in [0.25, 0.3) is 11.1 Å². The number of carbonyl (C=O) groups excluding carboxylic acids is 1. The van der Waals surface area contributed by atoms with Gasteiger partial charge in [-0.25, -0.2) is 9.37 Å². The van der Waals surface area contributed by atoms with E-state index in [0.29, 0.717) is 17.1 Å². The van der Waals surface area contributed by atoms with E-state index in [0.717, 1.165) is 37.1 Å². The Labute approximate surface area is 200 Å². The largest absolute Gasteiger partial charge is 0.363 e. The summed E-state index contributed by atoms with van der Waals surface area (Å²) in [6, 6.07) is 16.8. The van der Waals surface area contributed by atoms with Crippen LogP contribution in [0.5, 0.6) is 0 Å². The van der Waals surface area contributed by atoms with Crippen LogP contribution in [-0.2, 0) is 4.79 Å². The zero-order chi connectivity index (χ0) is 24.1. The molecule has 0 aliphatic heterocycles. The predicted octanol–water partition coefficient (Wildman–Crippen LogP) is 4.99. The molecule has 34 heavy (non-hydrogen) atoms. The molecule has 4 rings (SSSR count). The summed E-state index contributed by atoms with van der Waals surface area (Å²) in [5.74, 6) is 0.701. The fraction of sp³-hybridized carbons (Fsp3) is 0.370. The first-order valence-corrected chi connectivity index (χ1v) is 11.8. The third-order valence-electron chi connectivity index (χ3n) is 6.48. The van der Waals surface area contributed by atoms with Gasteiger partial charge in [0.15, 0.2) is 0 Å². The van der Waals surface area contributed by atoms with Gasteiger partial charge in [0.25, 0.3) is 0 Å². The molecule has 1 amide bonds. The molecular weight excluding hydrogens is 429 g/mol. The highest BCUT2D eigenvalue weighted by atomic mass is 19.1. The molecule has 3 aromatic rings. The molecule has 0 bridgehead atoms. The van der Waals surface area contributed by atoms with Gasteiger partial charge in [0.2, 0.25) is 11.9 Å². The molecule has 1 atom stereocenters. The number of halogens is 1. The van der Waals surface area contributed by atoms with Gasteiger partial charge in [-0.1, -0.05) is 42.5 Å². The second-order valence-corrected chi connectivity index (χ2v) is 9.16. The van der Waals surface area contributed by atoms with Crippen molar-refractivity contribution in [2.45, 2.75) is 50.6 Å². The van der Waals surface area contributed by atoms with E-state index in [1.54, 1.807) is 12.3 Å². The Hall–Kier alpha value is -3.48. The highest BCUT2D eigenvalue weighted by molar-refractivity contribution is 5.83. The molecule has 6 nitrogen and oxygen atoms in total. The Kier molecular flexibility index (Phi) is 7.40. The lowest BCUT2D eigenvalue weighted by atomic mass is 9.90. The highest BCUT2D eigenvalue weighted by Gasteiger charge is 2.25. The van der Waals surface area contributed by atoms with Crippen LogP contribution in [0, 0.1) is 5.82 Å². The molecule has 1 saturated carbocycles. The smallest absolute Gasteiger partial charge is 0.227 e. The Morgan fingerprint density at radius 1 is 1.03 bits per heavy atom. The second-order valence-electron chi connectivity index (χ2n) is 9.16. The second kappa shape index (κ2) is 10.6. The van der Waals surface area contributed by atoms with Gasteiger partial charge in [0.1, 0.15) is 11.6 Å². The average Bonchev–Trinajstić information content (AvgIpc) is 2.85. The van der Waals surface area contributed by atoms with Crippen molar-refractivity contribution in [3.05, 3.63) is 72.2 Å². The number of nitrogens with zero attached hydrogens (tertiary/aromatic N) is 3. The number of carbonyl (C=O) groups is 1. The molecule has 0 radical (unpaired) electrons. The van der Waals surface area contributed by atoms with Crippen molar-refractivity contribution < 1.29 is 9.18 Å². The Balaban J connectivity index is 1.30. The van der Waals surface area contributed by atoms with Crippen molar-refractivity contribution in [1.29, 1.82) is 0 Å². The summed E-state index contributed by atoms with van der Waals surface area (Å²) in [5.41, 5.74) is 2.05. The van der Waals surface area contributed by atoms with Crippen LogP contribution in [0.1, 0.15) is 44.1 Å². The molecule has 2 N–H and O–H groups in total. The number of rotatable bonds is 7. The number of amides is 1. The molecule has 2 aromatic carbocycles. The van der Waals surface area contributed by atoms with Crippen molar-refractivity contribution in [3.8, 4) is 11.1 Å². The van der Waals surface area contributed by atoms with Crippen LogP contribution in [0.2, 0.25) is 0 Å². The zero-order valence-corrected chi connectivity index (χ0v) is 20.0. The van der Waals surface area contributed by atoms with Gasteiger partial charge in [-0.05, 0) is 55.9 Å². The SMILES string of the molecule is C[C@H](C(=O)N[C@H]1CC[C@@H](Nc2nccc(N(C)C)n2)CC1)c1ccc(-c2ccccc2)c(F)c1. The van der Waals surface area contributed by atoms with E-state index >= 15 is 0 Å². The molecule has 1 aromatic heterocycles. The first-order chi connectivity index (χ1) is 16.4. The molecule has 7 heteroatoms. The Morgan fingerprint density at radius 2 is 1.74 bits per heavy atom. The van der Waals surface area contributed by atoms with E-state index in [-0.39, 0.29) is 23.8 Å². The Bertz CT molecular complexity index is 1110. The van der Waals surface area contributed by atoms with Gasteiger partial charge < -0.3 is 15.5 Å². The van der Waals surface area contributed by atoms with E-state index in [1.807, 2.05) is 68.4 Å². The predicted molar refractivity (Wildman–Crippen MR) is 134 cm³/mol. The third kappa shape index (κ3) is 5.71. The number of hydrogen-bond donors (Lipinski definition) is 2. The maximum absolute atomic E-state index is 14.8. The van der Waals surface area contributed by atoms with Gasteiger partial charge >= 0.3 is 0 Å². The quantitative estimate of drug-likeness (QED) is 0.519. The molecule has 0 spiro atoms. The summed E-state index contributed by atoms with van der Waals surface area (Å²) in [7, 11) is 3.90. The number of aromatic nitrogens is 2. The summed E-state index contributed by atoms with van der Waals surface area (Å²) >= 11 is 0. The number of hydrogen-bond acceptors (Lipinski definition) is 5. The maximum Gasteiger partial charge on any atom is 0.227 e. The van der Waals surface area contributed by atoms with E-state index in [4.69, 9.17) is 0 Å². The van der Waals surface area contributed by atoms with Crippen molar-refractivity contribution in [2.75, 3.05) is 24.3 Å². The average molecular weight is 462 g/mol. The number of nitrogens with one attached hydrogen (secondary N) is 2. The first kappa shape index (κ1) is 23.7. The Morgan fingerprint density at radius 3 is 2.41 bits per heavy atom. The molecule has 178 valence electrons. The summed E-state index contributed by atoms with van der Waals surface area (Å²) in [4.78, 5) is 23.7. The minimum absolute atomic E-state index is 0.0645. The van der Waals surface area contributed by atoms with E-state index < -0.39 is 5.92 Å². The zero-order valence-electron chi connectivity index (χ0n) is 20.0. The fourth-order valence-electron chi connectivity index (χ4n) is 4.36. The fourth-order valence-corrected chi connectivity index (χ4v) is 4.36. The van der Waals surface area contributed by atoms with Gasteiger partial charge in [-0.15, -0.1) is 0 Å². The van der Waals surface area contributed by atoms with Gasteiger partial charge in [0.05, 0.1) is 5.92 Å². The van der Waals surface area contributed by atoms with Gasteiger partial charge in [-0.2, -0.15) is 4.98 Å². The summed E-state index contributed by atoms with van der Waals surface area (Å²) < 4.78 is 14.8. The maximum atomic E-state index is 14.8. The molecular formula is C27H32FN5O. The van der Waals surface area contributed by atoms with E-state index in [1.165, 1.54) is 6.07 Å². The molecule has 0 saturated heterocycles. The number of benzene rings is 2. The lowest BCUT2D eigenvalue weighted by molar-refractivity contribution is -0.123. The summed E-state index contributed by atoms with van der Waals surface area (Å²) in [5, 5.41) is 6.58. The molecule has 0 unspecified atom stereocenters. The van der Waals surface area contributed by atoms with E-state index in [2.05, 4.69) is 20.6 Å². The first-order valence-electron chi connectivity index (χ1n) is 11.8. The lowest BCUT2D eigenvalue weighted by Gasteiger charge is -2.30. The van der Waals surface area contributed by atoms with Crippen LogP contribution >= 0.6 is 0 Å². The van der Waals surface area contributed by atoms with Crippen LogP contribution in [0.4, 0.5) is 16.2 Å². The van der Waals surface area contributed by atoms with Gasteiger partial charge in [-0.3, -0.25) is 4.79 Å². The lowest BCUT2D eigenvalue weighted by Crippen LogP contribution is -2.41. The minimum atomic E-state index is -0.419. The molecule has 1 fully saturated rings. The van der Waals surface area contributed by atoms with Gasteiger partial charge in [0, 0.05) is 37.9 Å². The summed E-state index contributed by atoms with van der Waals surface area (Å²) in [6.45, 7) is 1.83. The van der Waals surface area contributed by atoms with Crippen LogP contribution in [0.3, 0.4) is 0 Å². The van der Waals surface area contributed by atoms with Crippen molar-refractivity contribution >= 4 is 17.7 Å². The van der Waals surface area contributed by atoms with E-state index in [9.17, 15) is 9.18 Å². The summed E-state index contributed by atoms with van der Waals surface area (Å²) in [6.07, 6.45) is 5.37. The minimum Gasteiger partial charge on any atom is -0.363 e. The van der Waals surface area contributed by atoms with Crippen LogP contribution in [-0.4, -0.2) is 42.1 Å². The van der Waals surface area contributed by atoms with Crippen LogP contribution in [0.15, 0.2) is 60.8 Å². The molecule has 1 aliphatic rings. The highest BCUT2D eigenvalue weighted by Crippen LogP contribution is 2.27. The monoisotopic (exact) mass is 461 g/mol. The topological polar surface area (TPSA) is 70.2 Å². The number of anilines is 2.